The van der Waals surface area contributed by atoms with E-state index in [1.165, 1.54) is 31.4 Å². The maximum Gasteiger partial charge on any atom is 0.573 e. The number of carbonyl (C=O) groups is 2. The van der Waals surface area contributed by atoms with E-state index in [-0.39, 0.29) is 30.4 Å². The molecule has 0 radical (unpaired) electrons. The van der Waals surface area contributed by atoms with Crippen molar-refractivity contribution in [2.24, 2.45) is 11.3 Å². The maximum absolute atomic E-state index is 12.6. The molecule has 1 aromatic heterocycles. The number of nitrogens with zero attached hydrogens (tertiary/aromatic N) is 2. The van der Waals surface area contributed by atoms with Crippen molar-refractivity contribution in [3.63, 3.8) is 0 Å². The van der Waals surface area contributed by atoms with Crippen molar-refractivity contribution in [1.82, 2.24) is 14.9 Å². The first-order chi connectivity index (χ1) is 18.8. The molecule has 12 heteroatoms. The molecule has 2 N–H and O–H groups in total. The zero-order valence-corrected chi connectivity index (χ0v) is 22.8. The zero-order valence-electron chi connectivity index (χ0n) is 22.8. The third kappa shape index (κ3) is 7.57. The van der Waals surface area contributed by atoms with Crippen LogP contribution in [-0.2, 0) is 14.3 Å². The smallest absolute Gasteiger partial charge is 0.484 e. The van der Waals surface area contributed by atoms with Gasteiger partial charge >= 0.3 is 12.3 Å². The number of fused-ring (bicyclic) bond motifs is 1. The second-order valence-electron chi connectivity index (χ2n) is 10.9. The lowest BCUT2D eigenvalue weighted by molar-refractivity contribution is -0.274. The van der Waals surface area contributed by atoms with E-state index in [2.05, 4.69) is 45.4 Å². The van der Waals surface area contributed by atoms with E-state index in [4.69, 9.17) is 9.72 Å². The number of benzene rings is 2. The predicted octanol–water partition coefficient (Wildman–Crippen LogP) is 5.73. The summed E-state index contributed by atoms with van der Waals surface area (Å²) >= 11 is 0. The number of hydrogen-bond donors (Lipinski definition) is 2. The molecule has 0 saturated heterocycles. The van der Waals surface area contributed by atoms with Gasteiger partial charge in [0.15, 0.2) is 6.61 Å². The summed E-state index contributed by atoms with van der Waals surface area (Å²) in [6, 6.07) is 11.0. The van der Waals surface area contributed by atoms with Gasteiger partial charge < -0.3 is 29.4 Å². The zero-order chi connectivity index (χ0) is 29.1. The van der Waals surface area contributed by atoms with Crippen molar-refractivity contribution in [1.29, 1.82) is 0 Å². The highest BCUT2D eigenvalue weighted by molar-refractivity contribution is 5.84. The molecule has 1 aliphatic carbocycles. The largest absolute Gasteiger partial charge is 0.573 e. The van der Waals surface area contributed by atoms with Gasteiger partial charge in [-0.3, -0.25) is 9.59 Å². The quantitative estimate of drug-likeness (QED) is 0.321. The second kappa shape index (κ2) is 11.6. The van der Waals surface area contributed by atoms with Crippen molar-refractivity contribution in [2.45, 2.75) is 52.4 Å². The Hall–Kier alpha value is -3.96. The van der Waals surface area contributed by atoms with Crippen LogP contribution >= 0.6 is 0 Å². The Balaban J connectivity index is 1.60. The average molecular weight is 563 g/mol. The number of imidazole rings is 1. The minimum Gasteiger partial charge on any atom is -0.484 e. The molecule has 9 nitrogen and oxygen atoms in total. The molecule has 3 aromatic rings. The fourth-order valence-electron chi connectivity index (χ4n) is 5.43. The number of ether oxygens (including phenoxy) is 3. The van der Waals surface area contributed by atoms with Gasteiger partial charge in [-0.1, -0.05) is 20.8 Å². The molecule has 40 heavy (non-hydrogen) atoms. The number of nitrogens with one attached hydrogen (secondary N) is 2. The van der Waals surface area contributed by atoms with E-state index in [1.54, 1.807) is 12.1 Å². The Bertz CT molecular complexity index is 1350. The van der Waals surface area contributed by atoms with Crippen molar-refractivity contribution in [3.05, 3.63) is 42.5 Å². The normalized spacial score (nSPS) is 18.7. The van der Waals surface area contributed by atoms with Crippen molar-refractivity contribution in [2.75, 3.05) is 25.6 Å². The molecule has 1 heterocycles. The van der Waals surface area contributed by atoms with Crippen LogP contribution in [0.3, 0.4) is 0 Å². The third-order valence-corrected chi connectivity index (χ3v) is 6.76. The molecular weight excluding hydrogens is 529 g/mol. The topological polar surface area (TPSA) is 104 Å². The number of amides is 1. The van der Waals surface area contributed by atoms with Gasteiger partial charge in [-0.25, -0.2) is 4.98 Å². The molecule has 0 aliphatic heterocycles. The summed E-state index contributed by atoms with van der Waals surface area (Å²) in [5, 5.41) is 5.67. The van der Waals surface area contributed by atoms with E-state index < -0.39 is 18.2 Å². The van der Waals surface area contributed by atoms with E-state index in [9.17, 15) is 22.8 Å². The Labute approximate surface area is 230 Å². The third-order valence-electron chi connectivity index (χ3n) is 6.76. The second-order valence-corrected chi connectivity index (χ2v) is 10.9. The lowest BCUT2D eigenvalue weighted by Crippen LogP contribution is -2.33. The summed E-state index contributed by atoms with van der Waals surface area (Å²) < 4.78 is 54.0. The van der Waals surface area contributed by atoms with E-state index >= 15 is 0 Å². The van der Waals surface area contributed by atoms with E-state index in [1.807, 2.05) is 6.07 Å². The molecule has 1 fully saturated rings. The Morgan fingerprint density at radius 2 is 1.80 bits per heavy atom. The minimum absolute atomic E-state index is 0.118. The predicted molar refractivity (Wildman–Crippen MR) is 142 cm³/mol. The van der Waals surface area contributed by atoms with Crippen LogP contribution in [-0.4, -0.2) is 48.1 Å². The Morgan fingerprint density at radius 3 is 2.45 bits per heavy atom. The molecule has 4 rings (SSSR count). The number of halogens is 3. The molecule has 1 amide bonds. The number of methoxy groups -OCH3 is 1. The van der Waals surface area contributed by atoms with Crippen molar-refractivity contribution < 1.29 is 37.0 Å². The lowest BCUT2D eigenvalue weighted by Gasteiger charge is -2.40. The molecule has 2 atom stereocenters. The maximum atomic E-state index is 12.6. The van der Waals surface area contributed by atoms with Gasteiger partial charge in [0, 0.05) is 17.8 Å². The Morgan fingerprint density at radius 1 is 1.10 bits per heavy atom. The van der Waals surface area contributed by atoms with E-state index in [0.29, 0.717) is 28.8 Å². The van der Waals surface area contributed by atoms with Crippen LogP contribution < -0.4 is 20.1 Å². The monoisotopic (exact) mass is 562 g/mol. The number of esters is 1. The molecule has 0 unspecified atom stereocenters. The standard InChI is InChI=1S/C28H33F3N4O5/c1-17-11-19(14-27(2,3)13-17)35-23-10-9-21(39-16-24(36)32-15-25(37)38-4)12-22(23)34-26(35)33-18-5-7-20(8-6-18)40-28(29,30)31/h5-10,12,17,19H,11,13-16H2,1-4H3,(H,32,36)(H,33,34)/t17-,19+/m0/s1. The molecular formula is C28H33F3N4O5. The summed E-state index contributed by atoms with van der Waals surface area (Å²) in [6.45, 7) is 6.18. The lowest BCUT2D eigenvalue weighted by atomic mass is 9.70. The number of hydrogen-bond acceptors (Lipinski definition) is 7. The Kier molecular flexibility index (Phi) is 8.45. The van der Waals surface area contributed by atoms with Gasteiger partial charge in [0.1, 0.15) is 18.0 Å². The van der Waals surface area contributed by atoms with Crippen LogP contribution in [0.2, 0.25) is 0 Å². The highest BCUT2D eigenvalue weighted by Gasteiger charge is 2.35. The van der Waals surface area contributed by atoms with Gasteiger partial charge in [-0.05, 0) is 67.0 Å². The first-order valence-electron chi connectivity index (χ1n) is 12.9. The molecule has 2 aromatic carbocycles. The highest BCUT2D eigenvalue weighted by atomic mass is 19.4. The number of alkyl halides is 3. The SMILES string of the molecule is COC(=O)CNC(=O)COc1ccc2c(c1)nc(Nc1ccc(OC(F)(F)F)cc1)n2[C@@H]1C[C@H](C)CC(C)(C)C1. The first-order valence-corrected chi connectivity index (χ1v) is 12.9. The molecule has 0 bridgehead atoms. The summed E-state index contributed by atoms with van der Waals surface area (Å²) in [7, 11) is 1.23. The van der Waals surface area contributed by atoms with Crippen LogP contribution in [0, 0.1) is 11.3 Å². The summed E-state index contributed by atoms with van der Waals surface area (Å²) in [4.78, 5) is 28.0. The van der Waals surface area contributed by atoms with Gasteiger partial charge in [-0.15, -0.1) is 13.2 Å². The average Bonchev–Trinajstić information content (AvgIpc) is 3.22. The molecule has 1 aliphatic rings. The van der Waals surface area contributed by atoms with Crippen molar-refractivity contribution in [3.8, 4) is 11.5 Å². The van der Waals surface area contributed by atoms with Crippen molar-refractivity contribution >= 4 is 34.5 Å². The van der Waals surface area contributed by atoms with Crippen LogP contribution in [0.5, 0.6) is 11.5 Å². The fraction of sp³-hybridized carbons (Fsp3) is 0.464. The molecule has 0 spiro atoms. The summed E-state index contributed by atoms with van der Waals surface area (Å²) in [5.41, 5.74) is 2.15. The van der Waals surface area contributed by atoms with Crippen LogP contribution in [0.1, 0.15) is 46.1 Å². The van der Waals surface area contributed by atoms with Gasteiger partial charge in [0.2, 0.25) is 5.95 Å². The number of aromatic nitrogens is 2. The highest BCUT2D eigenvalue weighted by Crippen LogP contribution is 2.46. The first kappa shape index (κ1) is 29.0. The van der Waals surface area contributed by atoms with Gasteiger partial charge in [0.05, 0.1) is 18.1 Å². The van der Waals surface area contributed by atoms with Crippen LogP contribution in [0.25, 0.3) is 11.0 Å². The fourth-order valence-corrected chi connectivity index (χ4v) is 5.43. The molecule has 216 valence electrons. The van der Waals surface area contributed by atoms with Gasteiger partial charge in [-0.2, -0.15) is 0 Å². The summed E-state index contributed by atoms with van der Waals surface area (Å²) in [6.07, 6.45) is -1.79. The van der Waals surface area contributed by atoms with Gasteiger partial charge in [0.25, 0.3) is 5.91 Å². The van der Waals surface area contributed by atoms with E-state index in [0.717, 1.165) is 24.8 Å². The number of anilines is 2. The summed E-state index contributed by atoms with van der Waals surface area (Å²) in [5.74, 6) is 0.0962. The van der Waals surface area contributed by atoms with Crippen LogP contribution in [0.15, 0.2) is 42.5 Å². The number of rotatable bonds is 9. The number of carbonyl (C=O) groups excluding carboxylic acids is 2. The van der Waals surface area contributed by atoms with Crippen LogP contribution in [0.4, 0.5) is 24.8 Å². The molecule has 1 saturated carbocycles. The minimum atomic E-state index is -4.77.